The number of nitrogens with one attached hydrogen (secondary N) is 1. The molecule has 2 amide bonds. The van der Waals surface area contributed by atoms with E-state index >= 15 is 0 Å². The number of anilines is 1. The van der Waals surface area contributed by atoms with Crippen LogP contribution in [0.25, 0.3) is 0 Å². The maximum absolute atomic E-state index is 13.9. The number of amides is 2. The lowest BCUT2D eigenvalue weighted by molar-refractivity contribution is -0.139. The van der Waals surface area contributed by atoms with Crippen LogP contribution in [0.4, 0.5) is 5.69 Å². The summed E-state index contributed by atoms with van der Waals surface area (Å²) in [4.78, 5) is 28.4. The highest BCUT2D eigenvalue weighted by Crippen LogP contribution is 2.26. The molecule has 1 atom stereocenters. The van der Waals surface area contributed by atoms with Crippen LogP contribution >= 0.6 is 11.6 Å². The van der Waals surface area contributed by atoms with Crippen LogP contribution in [-0.4, -0.2) is 51.4 Å². The molecular weight excluding hydrogens is 550 g/mol. The maximum atomic E-state index is 13.9. The van der Waals surface area contributed by atoms with Crippen LogP contribution in [0.5, 0.6) is 5.75 Å². The second-order valence-corrected chi connectivity index (χ2v) is 12.3. The molecule has 0 saturated carbocycles. The van der Waals surface area contributed by atoms with Crippen LogP contribution in [-0.2, 0) is 26.2 Å². The molecule has 0 radical (unpaired) electrons. The molecule has 0 unspecified atom stereocenters. The quantitative estimate of drug-likeness (QED) is 0.321. The first kappa shape index (κ1) is 31.0. The van der Waals surface area contributed by atoms with E-state index in [2.05, 4.69) is 5.32 Å². The van der Waals surface area contributed by atoms with Crippen molar-refractivity contribution < 1.29 is 22.7 Å². The summed E-state index contributed by atoms with van der Waals surface area (Å²) in [5.74, 6) is 0.0348. The smallest absolute Gasteiger partial charge is 0.264 e. The van der Waals surface area contributed by atoms with Crippen molar-refractivity contribution >= 4 is 39.1 Å². The highest BCUT2D eigenvalue weighted by Gasteiger charge is 2.32. The van der Waals surface area contributed by atoms with Gasteiger partial charge < -0.3 is 15.0 Å². The zero-order valence-corrected chi connectivity index (χ0v) is 25.0. The second kappa shape index (κ2) is 13.7. The Hall–Kier alpha value is -3.56. The van der Waals surface area contributed by atoms with Crippen LogP contribution < -0.4 is 14.4 Å². The van der Waals surface area contributed by atoms with Gasteiger partial charge in [-0.05, 0) is 79.4 Å². The minimum Gasteiger partial charge on any atom is -0.497 e. The van der Waals surface area contributed by atoms with Gasteiger partial charge in [-0.3, -0.25) is 13.9 Å². The zero-order valence-electron chi connectivity index (χ0n) is 23.4. The van der Waals surface area contributed by atoms with Crippen molar-refractivity contribution in [3.63, 3.8) is 0 Å². The van der Waals surface area contributed by atoms with Gasteiger partial charge in [-0.2, -0.15) is 0 Å². The summed E-state index contributed by atoms with van der Waals surface area (Å²) >= 11 is 6.00. The maximum Gasteiger partial charge on any atom is 0.264 e. The van der Waals surface area contributed by atoms with E-state index in [0.717, 1.165) is 15.4 Å². The number of hydrogen-bond donors (Lipinski definition) is 1. The number of rotatable bonds is 12. The Balaban J connectivity index is 2.00. The molecule has 3 aromatic rings. The largest absolute Gasteiger partial charge is 0.497 e. The molecular formula is C30H36ClN3O5S. The Morgan fingerprint density at radius 3 is 2.20 bits per heavy atom. The first-order valence-electron chi connectivity index (χ1n) is 13.0. The molecule has 0 aliphatic heterocycles. The molecule has 8 nitrogen and oxygen atoms in total. The van der Waals surface area contributed by atoms with E-state index in [1.54, 1.807) is 56.5 Å². The Labute approximate surface area is 241 Å². The molecule has 0 aliphatic carbocycles. The van der Waals surface area contributed by atoms with E-state index in [1.807, 2.05) is 26.8 Å². The third-order valence-corrected chi connectivity index (χ3v) is 8.37. The van der Waals surface area contributed by atoms with Crippen molar-refractivity contribution in [2.75, 3.05) is 24.5 Å². The Morgan fingerprint density at radius 2 is 1.62 bits per heavy atom. The van der Waals surface area contributed by atoms with Crippen LogP contribution in [0.2, 0.25) is 5.02 Å². The van der Waals surface area contributed by atoms with E-state index in [1.165, 1.54) is 29.2 Å². The van der Waals surface area contributed by atoms with E-state index in [-0.39, 0.29) is 23.3 Å². The van der Waals surface area contributed by atoms with Crippen LogP contribution in [0.3, 0.4) is 0 Å². The van der Waals surface area contributed by atoms with Gasteiger partial charge in [0.05, 0.1) is 17.7 Å². The summed E-state index contributed by atoms with van der Waals surface area (Å²) in [5, 5.41) is 3.27. The number of sulfonamides is 1. The lowest BCUT2D eigenvalue weighted by Crippen LogP contribution is -2.51. The SMILES string of the molecule is COc1ccc(CN(C(=O)CN(c2cccc(C)c2)S(=O)(=O)c2ccc(Cl)cc2)[C@@H](C)C(=O)NCC(C)C)cc1. The fraction of sp³-hybridized carbons (Fsp3) is 0.333. The second-order valence-electron chi connectivity index (χ2n) is 9.99. The number of ether oxygens (including phenoxy) is 1. The Morgan fingerprint density at radius 1 is 0.975 bits per heavy atom. The first-order valence-corrected chi connectivity index (χ1v) is 14.8. The van der Waals surface area contributed by atoms with Gasteiger partial charge in [-0.1, -0.05) is 49.7 Å². The number of aryl methyl sites for hydroxylation is 1. The molecule has 3 aromatic carbocycles. The molecule has 0 bridgehead atoms. The molecule has 0 aliphatic rings. The zero-order chi connectivity index (χ0) is 29.4. The average molecular weight is 586 g/mol. The predicted molar refractivity (Wildman–Crippen MR) is 158 cm³/mol. The number of nitrogens with zero attached hydrogens (tertiary/aromatic N) is 2. The molecule has 10 heteroatoms. The average Bonchev–Trinajstić information content (AvgIpc) is 2.93. The van der Waals surface area contributed by atoms with Crippen molar-refractivity contribution in [3.05, 3.63) is 88.9 Å². The Bertz CT molecular complexity index is 1410. The number of hydrogen-bond acceptors (Lipinski definition) is 5. The predicted octanol–water partition coefficient (Wildman–Crippen LogP) is 5.04. The molecule has 0 saturated heterocycles. The van der Waals surface area contributed by atoms with Crippen LogP contribution in [0.1, 0.15) is 31.9 Å². The van der Waals surface area contributed by atoms with E-state index in [9.17, 15) is 18.0 Å². The molecule has 3 rings (SSSR count). The molecule has 0 spiro atoms. The van der Waals surface area contributed by atoms with Gasteiger partial charge in [0.25, 0.3) is 10.0 Å². The third-order valence-electron chi connectivity index (χ3n) is 6.33. The number of halogens is 1. The van der Waals surface area contributed by atoms with Gasteiger partial charge in [-0.25, -0.2) is 8.42 Å². The van der Waals surface area contributed by atoms with Crippen molar-refractivity contribution in [1.82, 2.24) is 10.2 Å². The normalized spacial score (nSPS) is 12.1. The van der Waals surface area contributed by atoms with Gasteiger partial charge in [0.15, 0.2) is 0 Å². The summed E-state index contributed by atoms with van der Waals surface area (Å²) in [7, 11) is -2.59. The number of carbonyl (C=O) groups is 2. The number of benzene rings is 3. The summed E-state index contributed by atoms with van der Waals surface area (Å²) in [6.07, 6.45) is 0. The summed E-state index contributed by atoms with van der Waals surface area (Å²) in [5.41, 5.74) is 1.93. The van der Waals surface area contributed by atoms with Crippen molar-refractivity contribution in [3.8, 4) is 5.75 Å². The monoisotopic (exact) mass is 585 g/mol. The van der Waals surface area contributed by atoms with Gasteiger partial charge >= 0.3 is 0 Å². The number of methoxy groups -OCH3 is 1. The van der Waals surface area contributed by atoms with Gasteiger partial charge in [-0.15, -0.1) is 0 Å². The van der Waals surface area contributed by atoms with Crippen LogP contribution in [0, 0.1) is 12.8 Å². The minimum atomic E-state index is -4.16. The summed E-state index contributed by atoms with van der Waals surface area (Å²) in [6.45, 7) is 7.48. The molecule has 40 heavy (non-hydrogen) atoms. The summed E-state index contributed by atoms with van der Waals surface area (Å²) < 4.78 is 34.0. The lowest BCUT2D eigenvalue weighted by Gasteiger charge is -2.32. The van der Waals surface area contributed by atoms with E-state index in [0.29, 0.717) is 23.0 Å². The van der Waals surface area contributed by atoms with E-state index in [4.69, 9.17) is 16.3 Å². The third kappa shape index (κ3) is 7.99. The molecule has 1 N–H and O–H groups in total. The van der Waals surface area contributed by atoms with Crippen molar-refractivity contribution in [2.24, 2.45) is 5.92 Å². The van der Waals surface area contributed by atoms with Gasteiger partial charge in [0.2, 0.25) is 11.8 Å². The standard InChI is InChI=1S/C30H36ClN3O5S/c1-21(2)18-32-30(36)23(4)33(19-24-9-13-27(39-5)14-10-24)29(35)20-34(26-8-6-7-22(3)17-26)40(37,38)28-15-11-25(31)12-16-28/h6-17,21,23H,18-20H2,1-5H3,(H,32,36)/t23-/m0/s1. The highest BCUT2D eigenvalue weighted by molar-refractivity contribution is 7.92. The summed E-state index contributed by atoms with van der Waals surface area (Å²) in [6, 6.07) is 19.0. The molecule has 0 aromatic heterocycles. The van der Waals surface area contributed by atoms with Crippen molar-refractivity contribution in [1.29, 1.82) is 0 Å². The van der Waals surface area contributed by atoms with Gasteiger partial charge in [0.1, 0.15) is 18.3 Å². The number of carbonyl (C=O) groups excluding carboxylic acids is 2. The molecule has 214 valence electrons. The van der Waals surface area contributed by atoms with Gasteiger partial charge in [0, 0.05) is 18.1 Å². The van der Waals surface area contributed by atoms with Crippen LogP contribution in [0.15, 0.2) is 77.7 Å². The Kier molecular flexibility index (Phi) is 10.6. The van der Waals surface area contributed by atoms with Crippen molar-refractivity contribution in [2.45, 2.75) is 45.2 Å². The minimum absolute atomic E-state index is 0.00404. The molecule has 0 fully saturated rings. The highest BCUT2D eigenvalue weighted by atomic mass is 35.5. The molecule has 0 heterocycles. The first-order chi connectivity index (χ1) is 18.9. The topological polar surface area (TPSA) is 96.0 Å². The lowest BCUT2D eigenvalue weighted by atomic mass is 10.1. The fourth-order valence-electron chi connectivity index (χ4n) is 4.01. The fourth-order valence-corrected chi connectivity index (χ4v) is 5.54. The van der Waals surface area contributed by atoms with E-state index < -0.39 is 28.5 Å².